The molecule has 0 bridgehead atoms. The first-order chi connectivity index (χ1) is 14.0. The molecule has 162 valence electrons. The van der Waals surface area contributed by atoms with Crippen molar-refractivity contribution in [2.24, 2.45) is 5.92 Å². The average Bonchev–Trinajstić information content (AvgIpc) is 2.71. The number of ether oxygens (including phenoxy) is 2. The van der Waals surface area contributed by atoms with Crippen LogP contribution in [0.2, 0.25) is 0 Å². The highest BCUT2D eigenvalue weighted by Gasteiger charge is 2.15. The van der Waals surface area contributed by atoms with E-state index in [1.807, 2.05) is 0 Å². The van der Waals surface area contributed by atoms with Crippen LogP contribution in [-0.2, 0) is 4.79 Å². The predicted octanol–water partition coefficient (Wildman–Crippen LogP) is 3.69. The summed E-state index contributed by atoms with van der Waals surface area (Å²) >= 11 is 0. The molecule has 2 rings (SSSR count). The van der Waals surface area contributed by atoms with E-state index in [9.17, 15) is 9.59 Å². The van der Waals surface area contributed by atoms with Crippen molar-refractivity contribution in [2.45, 2.75) is 52.4 Å². The van der Waals surface area contributed by atoms with E-state index in [-0.39, 0.29) is 11.7 Å². The molecule has 29 heavy (non-hydrogen) atoms. The Hall–Kier alpha value is -2.08. The molecule has 1 unspecified atom stereocenters. The largest absolute Gasteiger partial charge is 0.493 e. The Balaban J connectivity index is 1.55. The summed E-state index contributed by atoms with van der Waals surface area (Å²) in [6.07, 6.45) is 5.89. The lowest BCUT2D eigenvalue weighted by Crippen LogP contribution is -2.35. The first-order valence-corrected chi connectivity index (χ1v) is 10.8. The number of carbonyl (C=O) groups is 2. The first kappa shape index (κ1) is 23.2. The molecular formula is C23H36N2O4. The highest BCUT2D eigenvalue weighted by atomic mass is 16.5. The number of hydrogen-bond acceptors (Lipinski definition) is 5. The molecular weight excluding hydrogens is 368 g/mol. The van der Waals surface area contributed by atoms with Crippen molar-refractivity contribution in [3.8, 4) is 11.5 Å². The Labute approximate surface area is 174 Å². The van der Waals surface area contributed by atoms with E-state index in [1.54, 1.807) is 25.3 Å². The van der Waals surface area contributed by atoms with Gasteiger partial charge in [-0.2, -0.15) is 0 Å². The summed E-state index contributed by atoms with van der Waals surface area (Å²) in [6, 6.07) is 5.13. The van der Waals surface area contributed by atoms with E-state index < -0.39 is 0 Å². The van der Waals surface area contributed by atoms with E-state index in [0.717, 1.165) is 31.8 Å². The Morgan fingerprint density at radius 3 is 2.76 bits per heavy atom. The molecule has 1 N–H and O–H groups in total. The fourth-order valence-electron chi connectivity index (χ4n) is 3.69. The molecule has 1 aromatic rings. The number of methoxy groups -OCH3 is 1. The van der Waals surface area contributed by atoms with Crippen molar-refractivity contribution >= 4 is 11.7 Å². The summed E-state index contributed by atoms with van der Waals surface area (Å²) in [6.45, 7) is 8.58. The number of nitrogens with zero attached hydrogens (tertiary/aromatic N) is 1. The van der Waals surface area contributed by atoms with Crippen molar-refractivity contribution in [1.29, 1.82) is 0 Å². The monoisotopic (exact) mass is 404 g/mol. The first-order valence-electron chi connectivity index (χ1n) is 10.8. The van der Waals surface area contributed by atoms with Crippen molar-refractivity contribution < 1.29 is 19.1 Å². The van der Waals surface area contributed by atoms with Gasteiger partial charge < -0.3 is 19.7 Å². The topological polar surface area (TPSA) is 67.9 Å². The van der Waals surface area contributed by atoms with E-state index in [1.165, 1.54) is 32.9 Å². The number of nitrogens with one attached hydrogen (secondary N) is 1. The molecule has 1 heterocycles. The summed E-state index contributed by atoms with van der Waals surface area (Å²) in [5.74, 6) is 1.99. The van der Waals surface area contributed by atoms with Gasteiger partial charge in [0.1, 0.15) is 0 Å². The zero-order valence-corrected chi connectivity index (χ0v) is 18.2. The zero-order chi connectivity index (χ0) is 21.1. The number of hydrogen-bond donors (Lipinski definition) is 1. The number of Topliss-reactive ketones (excluding diaryl/α,β-unsaturated/α-hetero) is 1. The number of piperidine rings is 1. The number of ketones is 1. The average molecular weight is 405 g/mol. The number of carbonyl (C=O) groups excluding carboxylic acids is 2. The van der Waals surface area contributed by atoms with E-state index in [4.69, 9.17) is 9.47 Å². The third-order valence-corrected chi connectivity index (χ3v) is 5.34. The standard InChI is InChI=1S/C23H36N2O4/c1-18-8-6-14-25(17-18)13-5-4-12-24-23(27)9-7-15-29-21-11-10-20(19(2)26)16-22(21)28-3/h10-11,16,18H,4-9,12-15,17H2,1-3H3,(H,24,27). The van der Waals surface area contributed by atoms with Gasteiger partial charge in [-0.15, -0.1) is 0 Å². The quantitative estimate of drug-likeness (QED) is 0.425. The van der Waals surface area contributed by atoms with Crippen LogP contribution < -0.4 is 14.8 Å². The zero-order valence-electron chi connectivity index (χ0n) is 18.2. The predicted molar refractivity (Wildman–Crippen MR) is 115 cm³/mol. The molecule has 1 atom stereocenters. The normalized spacial score (nSPS) is 17.0. The number of rotatable bonds is 12. The molecule has 6 nitrogen and oxygen atoms in total. The molecule has 1 amide bonds. The second-order valence-corrected chi connectivity index (χ2v) is 7.98. The fraction of sp³-hybridized carbons (Fsp3) is 0.652. The van der Waals surface area contributed by atoms with Crippen LogP contribution in [0, 0.1) is 5.92 Å². The molecule has 0 radical (unpaired) electrons. The minimum atomic E-state index is -0.0167. The lowest BCUT2D eigenvalue weighted by molar-refractivity contribution is -0.121. The van der Waals surface area contributed by atoms with Crippen molar-refractivity contribution in [2.75, 3.05) is 39.9 Å². The maximum absolute atomic E-state index is 12.0. The summed E-state index contributed by atoms with van der Waals surface area (Å²) in [5.41, 5.74) is 0.586. The molecule has 1 aliphatic heterocycles. The Bertz CT molecular complexity index is 662. The molecule has 0 saturated carbocycles. The number of benzene rings is 1. The minimum absolute atomic E-state index is 0.0167. The van der Waals surface area contributed by atoms with Crippen LogP contribution in [0.15, 0.2) is 18.2 Å². The Morgan fingerprint density at radius 2 is 2.03 bits per heavy atom. The van der Waals surface area contributed by atoms with Crippen molar-refractivity contribution in [3.05, 3.63) is 23.8 Å². The Morgan fingerprint density at radius 1 is 1.21 bits per heavy atom. The van der Waals surface area contributed by atoms with Gasteiger partial charge in [0, 0.05) is 25.1 Å². The van der Waals surface area contributed by atoms with Gasteiger partial charge in [0.05, 0.1) is 13.7 Å². The highest BCUT2D eigenvalue weighted by molar-refractivity contribution is 5.94. The molecule has 0 aliphatic carbocycles. The van der Waals surface area contributed by atoms with Gasteiger partial charge in [-0.3, -0.25) is 9.59 Å². The van der Waals surface area contributed by atoms with Crippen LogP contribution >= 0.6 is 0 Å². The van der Waals surface area contributed by atoms with Crippen LogP contribution in [0.1, 0.15) is 62.7 Å². The summed E-state index contributed by atoms with van der Waals surface area (Å²) in [7, 11) is 1.55. The number of unbranched alkanes of at least 4 members (excludes halogenated alkanes) is 1. The smallest absolute Gasteiger partial charge is 0.220 e. The molecule has 1 aliphatic rings. The van der Waals surface area contributed by atoms with Gasteiger partial charge in [0.2, 0.25) is 5.91 Å². The SMILES string of the molecule is COc1cc(C(C)=O)ccc1OCCCC(=O)NCCCCN1CCCC(C)C1. The summed E-state index contributed by atoms with van der Waals surface area (Å²) in [4.78, 5) is 25.9. The third kappa shape index (κ3) is 8.44. The lowest BCUT2D eigenvalue weighted by atomic mass is 10.0. The Kier molecular flexibility index (Phi) is 9.98. The van der Waals surface area contributed by atoms with Gasteiger partial charge in [-0.1, -0.05) is 6.92 Å². The van der Waals surface area contributed by atoms with Crippen LogP contribution in [0.5, 0.6) is 11.5 Å². The van der Waals surface area contributed by atoms with Gasteiger partial charge >= 0.3 is 0 Å². The summed E-state index contributed by atoms with van der Waals surface area (Å²) < 4.78 is 11.0. The van der Waals surface area contributed by atoms with Crippen LogP contribution in [0.4, 0.5) is 0 Å². The molecule has 0 aromatic heterocycles. The van der Waals surface area contributed by atoms with E-state index in [0.29, 0.717) is 36.5 Å². The second-order valence-electron chi connectivity index (χ2n) is 7.98. The van der Waals surface area contributed by atoms with Gasteiger partial charge in [-0.25, -0.2) is 0 Å². The number of likely N-dealkylation sites (tertiary alicyclic amines) is 1. The fourth-order valence-corrected chi connectivity index (χ4v) is 3.69. The van der Waals surface area contributed by atoms with Gasteiger partial charge in [0.15, 0.2) is 17.3 Å². The summed E-state index contributed by atoms with van der Waals surface area (Å²) in [5, 5.41) is 3.00. The van der Waals surface area contributed by atoms with Crippen LogP contribution in [-0.4, -0.2) is 56.5 Å². The lowest BCUT2D eigenvalue weighted by Gasteiger charge is -2.30. The maximum atomic E-state index is 12.0. The van der Waals surface area contributed by atoms with Crippen LogP contribution in [0.25, 0.3) is 0 Å². The van der Waals surface area contributed by atoms with Crippen molar-refractivity contribution in [3.63, 3.8) is 0 Å². The van der Waals surface area contributed by atoms with Crippen molar-refractivity contribution in [1.82, 2.24) is 10.2 Å². The maximum Gasteiger partial charge on any atom is 0.220 e. The molecule has 1 aromatic carbocycles. The van der Waals surface area contributed by atoms with Crippen LogP contribution in [0.3, 0.4) is 0 Å². The molecule has 1 fully saturated rings. The van der Waals surface area contributed by atoms with E-state index >= 15 is 0 Å². The molecule has 1 saturated heterocycles. The minimum Gasteiger partial charge on any atom is -0.493 e. The van der Waals surface area contributed by atoms with E-state index in [2.05, 4.69) is 17.1 Å². The molecule has 6 heteroatoms. The highest BCUT2D eigenvalue weighted by Crippen LogP contribution is 2.28. The second kappa shape index (κ2) is 12.5. The van der Waals surface area contributed by atoms with Gasteiger partial charge in [0.25, 0.3) is 0 Å². The number of amides is 1. The molecule has 0 spiro atoms. The third-order valence-electron chi connectivity index (χ3n) is 5.34. The van der Waals surface area contributed by atoms with Gasteiger partial charge in [-0.05, 0) is 76.2 Å².